The van der Waals surface area contributed by atoms with Crippen LogP contribution in [0.3, 0.4) is 0 Å². The lowest BCUT2D eigenvalue weighted by molar-refractivity contribution is 0.462. The van der Waals surface area contributed by atoms with Crippen LogP contribution in [0.5, 0.6) is 0 Å². The zero-order valence-corrected chi connectivity index (χ0v) is 13.2. The highest BCUT2D eigenvalue weighted by molar-refractivity contribution is 5.42. The van der Waals surface area contributed by atoms with Crippen LogP contribution in [-0.2, 0) is 6.54 Å². The number of hydrogen-bond acceptors (Lipinski definition) is 4. The van der Waals surface area contributed by atoms with Gasteiger partial charge < -0.3 is 9.47 Å². The second-order valence-corrected chi connectivity index (χ2v) is 6.68. The van der Waals surface area contributed by atoms with Gasteiger partial charge in [-0.2, -0.15) is 5.26 Å². The summed E-state index contributed by atoms with van der Waals surface area (Å²) >= 11 is 0. The van der Waals surface area contributed by atoms with Gasteiger partial charge in [0.1, 0.15) is 17.7 Å². The lowest BCUT2D eigenvalue weighted by atomic mass is 9.97. The average molecular weight is 307 g/mol. The van der Waals surface area contributed by atoms with Gasteiger partial charge in [0.2, 0.25) is 0 Å². The van der Waals surface area contributed by atoms with E-state index in [1.54, 1.807) is 6.20 Å². The Morgan fingerprint density at radius 1 is 1.22 bits per heavy atom. The van der Waals surface area contributed by atoms with Gasteiger partial charge in [0.05, 0.1) is 5.56 Å². The molecule has 2 aliphatic rings. The number of anilines is 1. The molecule has 23 heavy (non-hydrogen) atoms. The molecule has 0 aromatic carbocycles. The van der Waals surface area contributed by atoms with E-state index < -0.39 is 0 Å². The minimum atomic E-state index is 0.468. The molecule has 0 spiro atoms. The van der Waals surface area contributed by atoms with Gasteiger partial charge in [-0.1, -0.05) is 0 Å². The molecule has 0 radical (unpaired) electrons. The molecule has 4 rings (SSSR count). The molecule has 2 aromatic rings. The minimum Gasteiger partial charge on any atom is -0.356 e. The van der Waals surface area contributed by atoms with Gasteiger partial charge in [0, 0.05) is 44.1 Å². The van der Waals surface area contributed by atoms with E-state index in [2.05, 4.69) is 31.7 Å². The summed E-state index contributed by atoms with van der Waals surface area (Å²) < 4.78 is 2.36. The van der Waals surface area contributed by atoms with Crippen molar-refractivity contribution in [3.63, 3.8) is 0 Å². The molecule has 3 heterocycles. The van der Waals surface area contributed by atoms with Crippen molar-refractivity contribution in [3.8, 4) is 6.07 Å². The van der Waals surface area contributed by atoms with Crippen LogP contribution in [0, 0.1) is 17.2 Å². The topological polar surface area (TPSA) is 57.7 Å². The van der Waals surface area contributed by atoms with E-state index in [-0.39, 0.29) is 0 Å². The first kappa shape index (κ1) is 14.3. The van der Waals surface area contributed by atoms with E-state index in [4.69, 9.17) is 5.26 Å². The van der Waals surface area contributed by atoms with Gasteiger partial charge in [-0.05, 0) is 43.7 Å². The van der Waals surface area contributed by atoms with Crippen LogP contribution in [0.15, 0.2) is 30.7 Å². The Morgan fingerprint density at radius 2 is 2.13 bits per heavy atom. The Hall–Kier alpha value is -2.35. The van der Waals surface area contributed by atoms with Crippen LogP contribution >= 0.6 is 0 Å². The van der Waals surface area contributed by atoms with E-state index >= 15 is 0 Å². The highest BCUT2D eigenvalue weighted by Crippen LogP contribution is 2.33. The van der Waals surface area contributed by atoms with Crippen molar-refractivity contribution in [1.29, 1.82) is 5.26 Å². The third kappa shape index (κ3) is 3.07. The predicted octanol–water partition coefficient (Wildman–Crippen LogP) is 2.94. The third-order valence-electron chi connectivity index (χ3n) is 4.89. The second kappa shape index (κ2) is 6.04. The first-order valence-corrected chi connectivity index (χ1v) is 8.45. The highest BCUT2D eigenvalue weighted by Gasteiger charge is 2.28. The van der Waals surface area contributed by atoms with Crippen LogP contribution < -0.4 is 4.90 Å². The number of imidazole rings is 1. The molecule has 5 heteroatoms. The summed E-state index contributed by atoms with van der Waals surface area (Å²) in [6.07, 6.45) is 10.8. The van der Waals surface area contributed by atoms with Crippen molar-refractivity contribution >= 4 is 5.82 Å². The Bertz CT molecular complexity index is 708. The molecule has 0 amide bonds. The maximum Gasteiger partial charge on any atom is 0.128 e. The predicted molar refractivity (Wildman–Crippen MR) is 88.1 cm³/mol. The summed E-state index contributed by atoms with van der Waals surface area (Å²) in [6, 6.07) is 5.93. The largest absolute Gasteiger partial charge is 0.356 e. The molecule has 1 unspecified atom stereocenters. The average Bonchev–Trinajstić information content (AvgIpc) is 3.30. The molecule has 5 nitrogen and oxygen atoms in total. The van der Waals surface area contributed by atoms with Crippen molar-refractivity contribution in [1.82, 2.24) is 14.5 Å². The lowest BCUT2D eigenvalue weighted by Crippen LogP contribution is -2.36. The number of nitriles is 1. The van der Waals surface area contributed by atoms with Crippen molar-refractivity contribution in [2.75, 3.05) is 18.0 Å². The molecule has 0 N–H and O–H groups in total. The highest BCUT2D eigenvalue weighted by atomic mass is 15.2. The monoisotopic (exact) mass is 307 g/mol. The van der Waals surface area contributed by atoms with Gasteiger partial charge >= 0.3 is 0 Å². The molecule has 2 fully saturated rings. The number of pyridine rings is 1. The number of aromatic nitrogens is 3. The van der Waals surface area contributed by atoms with Crippen LogP contribution in [-0.4, -0.2) is 27.6 Å². The summed E-state index contributed by atoms with van der Waals surface area (Å²) in [6.45, 7) is 3.11. The molecule has 1 saturated carbocycles. The summed E-state index contributed by atoms with van der Waals surface area (Å²) in [5.41, 5.74) is 0.613. The van der Waals surface area contributed by atoms with Crippen LogP contribution in [0.4, 0.5) is 5.82 Å². The molecular formula is C18H21N5. The number of rotatable bonds is 4. The molecule has 1 atom stereocenters. The van der Waals surface area contributed by atoms with Gasteiger partial charge in [-0.15, -0.1) is 0 Å². The summed E-state index contributed by atoms with van der Waals surface area (Å²) in [5, 5.41) is 8.90. The maximum absolute atomic E-state index is 8.90. The first-order chi connectivity index (χ1) is 11.3. The van der Waals surface area contributed by atoms with E-state index in [0.29, 0.717) is 11.5 Å². The molecular weight excluding hydrogens is 286 g/mol. The van der Waals surface area contributed by atoms with Crippen molar-refractivity contribution < 1.29 is 0 Å². The van der Waals surface area contributed by atoms with Crippen molar-refractivity contribution in [2.45, 2.75) is 38.1 Å². The van der Waals surface area contributed by atoms with E-state index in [9.17, 15) is 0 Å². The molecule has 2 aromatic heterocycles. The zero-order valence-electron chi connectivity index (χ0n) is 13.2. The summed E-state index contributed by atoms with van der Waals surface area (Å²) in [5.74, 6) is 3.53. The van der Waals surface area contributed by atoms with Gasteiger partial charge in [-0.25, -0.2) is 9.97 Å². The smallest absolute Gasteiger partial charge is 0.128 e. The fourth-order valence-corrected chi connectivity index (χ4v) is 3.45. The molecule has 118 valence electrons. The van der Waals surface area contributed by atoms with E-state index in [1.165, 1.54) is 25.1 Å². The normalized spacial score (nSPS) is 21.2. The standard InChI is InChI=1S/C18H21N5/c19-10-15-5-6-17(21-11-15)22-8-1-2-16(13-22)18-20-7-9-23(18)12-14-3-4-14/h5-7,9,11,14,16H,1-4,8,12-13H2. The molecule has 1 aliphatic heterocycles. The van der Waals surface area contributed by atoms with Crippen molar-refractivity contribution in [2.24, 2.45) is 5.92 Å². The summed E-state index contributed by atoms with van der Waals surface area (Å²) in [4.78, 5) is 11.4. The molecule has 1 saturated heterocycles. The quantitative estimate of drug-likeness (QED) is 0.871. The Kier molecular flexibility index (Phi) is 3.74. The molecule has 0 bridgehead atoms. The van der Waals surface area contributed by atoms with Crippen LogP contribution in [0.25, 0.3) is 0 Å². The third-order valence-corrected chi connectivity index (χ3v) is 4.89. The van der Waals surface area contributed by atoms with E-state index in [0.717, 1.165) is 37.8 Å². The Labute approximate surface area is 136 Å². The first-order valence-electron chi connectivity index (χ1n) is 8.45. The van der Waals surface area contributed by atoms with E-state index in [1.807, 2.05) is 18.3 Å². The maximum atomic E-state index is 8.90. The minimum absolute atomic E-state index is 0.468. The Balaban J connectivity index is 1.50. The van der Waals surface area contributed by atoms with Gasteiger partial charge in [0.15, 0.2) is 0 Å². The van der Waals surface area contributed by atoms with Crippen molar-refractivity contribution in [3.05, 3.63) is 42.1 Å². The van der Waals surface area contributed by atoms with Crippen LogP contribution in [0.2, 0.25) is 0 Å². The SMILES string of the molecule is N#Cc1ccc(N2CCCC(c3nccn3CC3CC3)C2)nc1. The Morgan fingerprint density at radius 3 is 2.87 bits per heavy atom. The van der Waals surface area contributed by atoms with Crippen LogP contribution in [0.1, 0.15) is 43.0 Å². The second-order valence-electron chi connectivity index (χ2n) is 6.68. The van der Waals surface area contributed by atoms with Gasteiger partial charge in [0.25, 0.3) is 0 Å². The number of hydrogen-bond donors (Lipinski definition) is 0. The summed E-state index contributed by atoms with van der Waals surface area (Å²) in [7, 11) is 0. The zero-order chi connectivity index (χ0) is 15.6. The fourth-order valence-electron chi connectivity index (χ4n) is 3.45. The van der Waals surface area contributed by atoms with Gasteiger partial charge in [-0.3, -0.25) is 0 Å². The lowest BCUT2D eigenvalue weighted by Gasteiger charge is -2.33. The molecule has 1 aliphatic carbocycles. The number of nitrogens with zero attached hydrogens (tertiary/aromatic N) is 5. The number of piperidine rings is 1. The fraction of sp³-hybridized carbons (Fsp3) is 0.500.